The van der Waals surface area contributed by atoms with E-state index < -0.39 is 0 Å². The summed E-state index contributed by atoms with van der Waals surface area (Å²) in [5.41, 5.74) is 6.40. The Morgan fingerprint density at radius 3 is 1.54 bits per heavy atom. The number of hydrogen-bond acceptors (Lipinski definition) is 13. The van der Waals surface area contributed by atoms with Gasteiger partial charge in [0.1, 0.15) is 12.0 Å². The third-order valence-corrected chi connectivity index (χ3v) is 9.26. The number of nitrogens with zero attached hydrogens (tertiary/aromatic N) is 4. The summed E-state index contributed by atoms with van der Waals surface area (Å²) >= 11 is 8.29. The molecule has 0 saturated carbocycles. The third kappa shape index (κ3) is 28.3. The standard InChI is InChI=1S/C6H8O2S.C5H6OS.C5H6O.C5H6S.C4H6N2.C4H5NO.C4H5NS.C4H5N.C4H4S/c1-7-5-3-9-4-6(5)8-2;1-6-5-2-3-7-4-5;2*1-5-2-3-6-4-5;1-6-3-2-5-4-6;2*1-4-2-6-3-5-4;2*1-2-4-5-3-1/h3-4H,1-2H3;2-4H,1H3;3*2-4H,1H3;2*2-3H,1H3;1-5H;1-4H. The molecular weight excluding hydrogens is 803 g/mol. The summed E-state index contributed by atoms with van der Waals surface area (Å²) in [7, 11) is 6.87. The molecule has 0 radical (unpaired) electrons. The summed E-state index contributed by atoms with van der Waals surface area (Å²) < 4.78 is 26.0. The van der Waals surface area contributed by atoms with Gasteiger partial charge in [0.15, 0.2) is 17.9 Å². The van der Waals surface area contributed by atoms with Crippen LogP contribution in [0.3, 0.4) is 0 Å². The number of nitrogens with one attached hydrogen (secondary N) is 1. The number of hydrogen-bond donors (Lipinski definition) is 1. The number of methoxy groups -OCH3 is 3. The molecule has 0 unspecified atom stereocenters. The highest BCUT2D eigenvalue weighted by Gasteiger charge is 2.00. The molecule has 9 aromatic heterocycles. The Morgan fingerprint density at radius 2 is 1.32 bits per heavy atom. The van der Waals surface area contributed by atoms with Crippen molar-refractivity contribution in [1.29, 1.82) is 0 Å². The highest BCUT2D eigenvalue weighted by atomic mass is 32.1. The minimum Gasteiger partial charge on any atom is -0.496 e. The Morgan fingerprint density at radius 1 is 0.625 bits per heavy atom. The van der Waals surface area contributed by atoms with E-state index in [-0.39, 0.29) is 0 Å². The van der Waals surface area contributed by atoms with E-state index in [1.807, 2.05) is 131 Å². The first-order valence-corrected chi connectivity index (χ1v) is 21.3. The fourth-order valence-electron chi connectivity index (χ4n) is 2.98. The Bertz CT molecular complexity index is 1670. The number of oxazole rings is 1. The molecule has 0 fully saturated rings. The molecule has 0 saturated heterocycles. The zero-order valence-electron chi connectivity index (χ0n) is 32.9. The Kier molecular flexibility index (Phi) is 29.9. The minimum absolute atomic E-state index is 0.808. The molecule has 10 nitrogen and oxygen atoms in total. The van der Waals surface area contributed by atoms with Gasteiger partial charge in [-0.05, 0) is 96.1 Å². The van der Waals surface area contributed by atoms with E-state index in [0.717, 1.165) is 28.6 Å². The van der Waals surface area contributed by atoms with Crippen molar-refractivity contribution < 1.29 is 23.0 Å². The van der Waals surface area contributed by atoms with Crippen molar-refractivity contribution in [2.75, 3.05) is 21.3 Å². The molecule has 300 valence electrons. The van der Waals surface area contributed by atoms with E-state index in [1.165, 1.54) is 17.5 Å². The molecule has 0 spiro atoms. The van der Waals surface area contributed by atoms with Gasteiger partial charge in [-0.15, -0.1) is 34.0 Å². The summed E-state index contributed by atoms with van der Waals surface area (Å²) in [6, 6.07) is 13.9. The highest BCUT2D eigenvalue weighted by Crippen LogP contribution is 2.30. The third-order valence-electron chi connectivity index (χ3n) is 5.76. The SMILES string of the molecule is COc1ccsc1.COc1cscc1OC.Cc1ccoc1.Cc1ccsc1.Cc1cocn1.Cc1cscn1.Cn1ccnc1.c1cc[nH]c1.c1ccsc1. The van der Waals surface area contributed by atoms with E-state index in [2.05, 4.69) is 48.1 Å². The van der Waals surface area contributed by atoms with E-state index in [4.69, 9.17) is 18.6 Å². The number of aryl methyl sites for hydroxylation is 5. The molecule has 15 heteroatoms. The van der Waals surface area contributed by atoms with Crippen molar-refractivity contribution in [3.05, 3.63) is 175 Å². The number of aromatic nitrogens is 5. The van der Waals surface area contributed by atoms with Gasteiger partial charge in [-0.25, -0.2) is 9.97 Å². The van der Waals surface area contributed by atoms with Gasteiger partial charge in [-0.3, -0.25) is 4.98 Å². The van der Waals surface area contributed by atoms with Gasteiger partial charge >= 0.3 is 0 Å². The number of thiophene rings is 4. The van der Waals surface area contributed by atoms with Gasteiger partial charge in [0.2, 0.25) is 0 Å². The van der Waals surface area contributed by atoms with Crippen LogP contribution in [-0.4, -0.2) is 45.8 Å². The quantitative estimate of drug-likeness (QED) is 0.187. The van der Waals surface area contributed by atoms with Gasteiger partial charge in [0.25, 0.3) is 0 Å². The van der Waals surface area contributed by atoms with Crippen molar-refractivity contribution >= 4 is 56.7 Å². The van der Waals surface area contributed by atoms with Crippen molar-refractivity contribution in [2.45, 2.75) is 27.7 Å². The van der Waals surface area contributed by atoms with Gasteiger partial charge in [-0.1, -0.05) is 12.1 Å². The first-order valence-electron chi connectivity index (χ1n) is 16.6. The molecule has 9 rings (SSSR count). The van der Waals surface area contributed by atoms with Crippen molar-refractivity contribution in [2.24, 2.45) is 7.05 Å². The van der Waals surface area contributed by atoms with Crippen molar-refractivity contribution in [3.63, 3.8) is 0 Å². The average Bonchev–Trinajstić information content (AvgIpc) is 4.07. The number of H-pyrrole nitrogens is 1. The molecule has 0 aromatic carbocycles. The number of aromatic amines is 1. The van der Waals surface area contributed by atoms with Crippen molar-refractivity contribution in [1.82, 2.24) is 24.5 Å². The smallest absolute Gasteiger partial charge is 0.180 e. The van der Waals surface area contributed by atoms with Crippen LogP contribution < -0.4 is 14.2 Å². The summed E-state index contributed by atoms with van der Waals surface area (Å²) in [5.74, 6) is 2.56. The molecular formula is C41H51N5O5S5. The molecule has 0 bridgehead atoms. The highest BCUT2D eigenvalue weighted by molar-refractivity contribution is 7.09. The van der Waals surface area contributed by atoms with E-state index in [1.54, 1.807) is 109 Å². The topological polar surface area (TPSA) is 113 Å². The van der Waals surface area contributed by atoms with Gasteiger partial charge < -0.3 is 32.6 Å². The zero-order valence-corrected chi connectivity index (χ0v) is 37.0. The van der Waals surface area contributed by atoms with Gasteiger partial charge in [0.05, 0.1) is 51.4 Å². The minimum atomic E-state index is 0.808. The maximum absolute atomic E-state index is 4.96. The van der Waals surface area contributed by atoms with E-state index in [0.29, 0.717) is 0 Å². The summed E-state index contributed by atoms with van der Waals surface area (Å²) in [5, 5.41) is 18.0. The van der Waals surface area contributed by atoms with E-state index >= 15 is 0 Å². The molecule has 56 heavy (non-hydrogen) atoms. The van der Waals surface area contributed by atoms with Crippen LogP contribution in [0, 0.1) is 27.7 Å². The fraction of sp³-hybridized carbons (Fsp3) is 0.195. The van der Waals surface area contributed by atoms with Gasteiger partial charge in [-0.2, -0.15) is 22.7 Å². The molecule has 0 aliphatic carbocycles. The predicted octanol–water partition coefficient (Wildman–Crippen LogP) is 12.8. The monoisotopic (exact) mass is 853 g/mol. The largest absolute Gasteiger partial charge is 0.496 e. The van der Waals surface area contributed by atoms with Crippen LogP contribution in [0.25, 0.3) is 0 Å². The van der Waals surface area contributed by atoms with Crippen molar-refractivity contribution in [3.8, 4) is 17.2 Å². The number of ether oxygens (including phenoxy) is 3. The molecule has 0 aliphatic heterocycles. The lowest BCUT2D eigenvalue weighted by molar-refractivity contribution is 0.358. The summed E-state index contributed by atoms with van der Waals surface area (Å²) in [4.78, 5) is 14.3. The Balaban J connectivity index is 0.000000317. The number of rotatable bonds is 3. The van der Waals surface area contributed by atoms with Crippen LogP contribution in [0.15, 0.2) is 162 Å². The normalized spacial score (nSPS) is 8.71. The molecule has 9 heterocycles. The number of furan rings is 1. The van der Waals surface area contributed by atoms with Crippen LogP contribution in [0.2, 0.25) is 0 Å². The first-order chi connectivity index (χ1) is 27.3. The molecule has 0 amide bonds. The maximum atomic E-state index is 4.96. The second kappa shape index (κ2) is 34.3. The molecule has 1 N–H and O–H groups in total. The average molecular weight is 854 g/mol. The molecule has 0 atom stereocenters. The van der Waals surface area contributed by atoms with Gasteiger partial charge in [0, 0.05) is 59.0 Å². The van der Waals surface area contributed by atoms with Crippen LogP contribution in [0.4, 0.5) is 0 Å². The number of thiazole rings is 1. The zero-order chi connectivity index (χ0) is 40.9. The first kappa shape index (κ1) is 48.8. The lowest BCUT2D eigenvalue weighted by atomic mass is 10.4. The van der Waals surface area contributed by atoms with Crippen LogP contribution in [-0.2, 0) is 7.05 Å². The Hall–Kier alpha value is -5.19. The number of imidazole rings is 1. The molecule has 0 aliphatic rings. The van der Waals surface area contributed by atoms with Crippen LogP contribution in [0.1, 0.15) is 22.5 Å². The summed E-state index contributed by atoms with van der Waals surface area (Å²) in [6.45, 7) is 7.94. The lowest BCUT2D eigenvalue weighted by Crippen LogP contribution is -1.84. The lowest BCUT2D eigenvalue weighted by Gasteiger charge is -1.98. The maximum Gasteiger partial charge on any atom is 0.180 e. The predicted molar refractivity (Wildman–Crippen MR) is 237 cm³/mol. The second-order valence-corrected chi connectivity index (χ2v) is 14.3. The van der Waals surface area contributed by atoms with Crippen LogP contribution in [0.5, 0.6) is 17.2 Å². The fourth-order valence-corrected chi connectivity index (χ4v) is 5.99. The van der Waals surface area contributed by atoms with Crippen LogP contribution >= 0.6 is 56.7 Å². The second-order valence-electron chi connectivity index (χ2n) is 10.4. The summed E-state index contributed by atoms with van der Waals surface area (Å²) in [6.07, 6.45) is 15.5. The molecule has 9 aromatic rings. The van der Waals surface area contributed by atoms with E-state index in [9.17, 15) is 0 Å². The Labute approximate surface area is 350 Å².